The predicted molar refractivity (Wildman–Crippen MR) is 141 cm³/mol. The van der Waals surface area contributed by atoms with Crippen molar-refractivity contribution in [2.75, 3.05) is 19.0 Å². The SMILES string of the molecule is COc1cc(CCCOC(C)=O)c(F)c(C(Nc2ccc(C(=N)N)cc2)c2nn(-c3ncccn3)c(=O)[nH]2)c1. The van der Waals surface area contributed by atoms with Gasteiger partial charge in [0.1, 0.15) is 23.4 Å². The van der Waals surface area contributed by atoms with Crippen LogP contribution in [0.2, 0.25) is 0 Å². The van der Waals surface area contributed by atoms with Crippen LogP contribution in [-0.2, 0) is 16.0 Å². The molecule has 4 aromatic rings. The normalized spacial score (nSPS) is 11.6. The molecule has 0 amide bonds. The van der Waals surface area contributed by atoms with Gasteiger partial charge in [0.05, 0.1) is 13.7 Å². The number of halogens is 1. The van der Waals surface area contributed by atoms with Gasteiger partial charge in [0.25, 0.3) is 5.95 Å². The number of nitrogen functional groups attached to an aromatic ring is 1. The van der Waals surface area contributed by atoms with Crippen molar-refractivity contribution in [2.24, 2.45) is 5.73 Å². The third-order valence-corrected chi connectivity index (χ3v) is 5.75. The van der Waals surface area contributed by atoms with Crippen molar-refractivity contribution in [1.82, 2.24) is 24.7 Å². The third-order valence-electron chi connectivity index (χ3n) is 5.75. The maximum absolute atomic E-state index is 16.0. The number of aromatic nitrogens is 5. The van der Waals surface area contributed by atoms with Gasteiger partial charge in [-0.05, 0) is 60.9 Å². The number of rotatable bonds is 11. The molecule has 202 valence electrons. The molecule has 2 aromatic heterocycles. The summed E-state index contributed by atoms with van der Waals surface area (Å²) in [5.74, 6) is -0.512. The van der Waals surface area contributed by atoms with E-state index in [0.717, 1.165) is 4.68 Å². The Morgan fingerprint density at radius 1 is 1.23 bits per heavy atom. The fraction of sp³-hybridized carbons (Fsp3) is 0.231. The Balaban J connectivity index is 1.78. The molecule has 0 saturated heterocycles. The second-order valence-electron chi connectivity index (χ2n) is 8.48. The van der Waals surface area contributed by atoms with Crippen LogP contribution in [0.15, 0.2) is 59.7 Å². The van der Waals surface area contributed by atoms with E-state index in [1.807, 2.05) is 0 Å². The molecule has 2 aromatic carbocycles. The molecule has 12 nitrogen and oxygen atoms in total. The molecule has 0 radical (unpaired) electrons. The van der Waals surface area contributed by atoms with Gasteiger partial charge in [-0.15, -0.1) is 9.78 Å². The molecule has 13 heteroatoms. The van der Waals surface area contributed by atoms with Gasteiger partial charge in [-0.3, -0.25) is 15.2 Å². The number of nitrogens with one attached hydrogen (secondary N) is 3. The van der Waals surface area contributed by atoms with Crippen molar-refractivity contribution in [3.05, 3.63) is 93.7 Å². The van der Waals surface area contributed by atoms with E-state index in [1.165, 1.54) is 32.5 Å². The molecule has 39 heavy (non-hydrogen) atoms. The molecule has 0 aliphatic carbocycles. The average Bonchev–Trinajstić information content (AvgIpc) is 3.32. The van der Waals surface area contributed by atoms with Crippen molar-refractivity contribution >= 4 is 17.5 Å². The molecule has 0 bridgehead atoms. The average molecular weight is 535 g/mol. The molecular formula is C26H27FN8O4. The second kappa shape index (κ2) is 12.0. The minimum absolute atomic E-state index is 0.0480. The van der Waals surface area contributed by atoms with Crippen molar-refractivity contribution in [3.8, 4) is 11.7 Å². The number of anilines is 1. The maximum Gasteiger partial charge on any atom is 0.350 e. The van der Waals surface area contributed by atoms with Crippen LogP contribution >= 0.6 is 0 Å². The van der Waals surface area contributed by atoms with Crippen LogP contribution in [-0.4, -0.2) is 50.3 Å². The molecule has 0 saturated carbocycles. The van der Waals surface area contributed by atoms with Gasteiger partial charge in [0.2, 0.25) is 0 Å². The molecule has 2 heterocycles. The number of nitrogens with zero attached hydrogens (tertiary/aromatic N) is 4. The molecule has 5 N–H and O–H groups in total. The van der Waals surface area contributed by atoms with E-state index in [-0.39, 0.29) is 36.2 Å². The van der Waals surface area contributed by atoms with E-state index in [2.05, 4.69) is 25.4 Å². The first-order valence-corrected chi connectivity index (χ1v) is 11.9. The number of carbonyl (C=O) groups excluding carboxylic acids is 1. The Morgan fingerprint density at radius 2 is 1.95 bits per heavy atom. The van der Waals surface area contributed by atoms with Gasteiger partial charge in [-0.2, -0.15) is 0 Å². The Morgan fingerprint density at radius 3 is 2.59 bits per heavy atom. The molecule has 0 spiro atoms. The summed E-state index contributed by atoms with van der Waals surface area (Å²) in [6.45, 7) is 1.45. The summed E-state index contributed by atoms with van der Waals surface area (Å²) >= 11 is 0. The lowest BCUT2D eigenvalue weighted by atomic mass is 9.98. The highest BCUT2D eigenvalue weighted by Gasteiger charge is 2.26. The fourth-order valence-corrected chi connectivity index (χ4v) is 3.88. The van der Waals surface area contributed by atoms with Crippen molar-refractivity contribution in [2.45, 2.75) is 25.8 Å². The maximum atomic E-state index is 16.0. The van der Waals surface area contributed by atoms with Gasteiger partial charge in [0.15, 0.2) is 5.82 Å². The first kappa shape index (κ1) is 27.0. The number of ether oxygens (including phenoxy) is 2. The first-order valence-electron chi connectivity index (χ1n) is 11.9. The molecule has 0 fully saturated rings. The summed E-state index contributed by atoms with van der Waals surface area (Å²) in [5.41, 5.74) is 6.51. The van der Waals surface area contributed by atoms with Crippen molar-refractivity contribution in [1.29, 1.82) is 5.41 Å². The van der Waals surface area contributed by atoms with E-state index < -0.39 is 23.5 Å². The summed E-state index contributed by atoms with van der Waals surface area (Å²) in [5, 5.41) is 15.2. The standard InChI is InChI=1S/C26H27FN8O4/c1-15(36)39-12-3-5-17-13-19(38-2)14-20(21(17)27)22(32-18-8-6-16(7-9-18)23(28)29)24-33-26(37)35(34-24)25-30-10-4-11-31-25/h4,6-11,13-14,22,32H,3,5,12H2,1-2H3,(H3,28,29)(H,33,34,37). The van der Waals surface area contributed by atoms with Crippen LogP contribution in [0.4, 0.5) is 10.1 Å². The Hall–Kier alpha value is -5.07. The Bertz CT molecular complexity index is 1520. The number of esters is 1. The number of benzene rings is 2. The molecule has 4 rings (SSSR count). The minimum atomic E-state index is -0.979. The lowest BCUT2D eigenvalue weighted by Crippen LogP contribution is -2.18. The number of amidine groups is 1. The number of carbonyl (C=O) groups is 1. The van der Waals surface area contributed by atoms with E-state index >= 15 is 4.39 Å². The van der Waals surface area contributed by atoms with Gasteiger partial charge in [-0.1, -0.05) is 0 Å². The highest BCUT2D eigenvalue weighted by molar-refractivity contribution is 5.95. The minimum Gasteiger partial charge on any atom is -0.497 e. The molecule has 0 aliphatic heterocycles. The van der Waals surface area contributed by atoms with Gasteiger partial charge >= 0.3 is 11.7 Å². The number of methoxy groups -OCH3 is 1. The lowest BCUT2D eigenvalue weighted by molar-refractivity contribution is -0.141. The molecule has 1 atom stereocenters. The van der Waals surface area contributed by atoms with Crippen molar-refractivity contribution < 1.29 is 18.7 Å². The fourth-order valence-electron chi connectivity index (χ4n) is 3.88. The Labute approximate surface area is 222 Å². The molecular weight excluding hydrogens is 507 g/mol. The quantitative estimate of drug-likeness (QED) is 0.0975. The highest BCUT2D eigenvalue weighted by atomic mass is 19.1. The predicted octanol–water partition coefficient (Wildman–Crippen LogP) is 2.48. The highest BCUT2D eigenvalue weighted by Crippen LogP contribution is 2.32. The number of hydrogen-bond acceptors (Lipinski definition) is 9. The number of H-pyrrole nitrogens is 1. The van der Waals surface area contributed by atoms with Crippen LogP contribution in [0, 0.1) is 11.2 Å². The van der Waals surface area contributed by atoms with E-state index in [9.17, 15) is 9.59 Å². The summed E-state index contributed by atoms with van der Waals surface area (Å²) in [7, 11) is 1.46. The summed E-state index contributed by atoms with van der Waals surface area (Å²) in [4.78, 5) is 34.7. The number of aryl methyl sites for hydroxylation is 1. The van der Waals surface area contributed by atoms with Gasteiger partial charge in [-0.25, -0.2) is 19.2 Å². The largest absolute Gasteiger partial charge is 0.497 e. The topological polar surface area (TPSA) is 174 Å². The number of nitrogens with two attached hydrogens (primary N) is 1. The molecule has 1 unspecified atom stereocenters. The summed E-state index contributed by atoms with van der Waals surface area (Å²) in [6, 6.07) is 10.4. The second-order valence-corrected chi connectivity index (χ2v) is 8.48. The zero-order valence-corrected chi connectivity index (χ0v) is 21.3. The van der Waals surface area contributed by atoms with Crippen LogP contribution in [0.1, 0.15) is 41.9 Å². The monoisotopic (exact) mass is 534 g/mol. The van der Waals surface area contributed by atoms with Crippen LogP contribution in [0.5, 0.6) is 5.75 Å². The number of aromatic amines is 1. The lowest BCUT2D eigenvalue weighted by Gasteiger charge is -2.21. The smallest absolute Gasteiger partial charge is 0.350 e. The van der Waals surface area contributed by atoms with Crippen LogP contribution in [0.25, 0.3) is 5.95 Å². The number of hydrogen-bond donors (Lipinski definition) is 4. The summed E-state index contributed by atoms with van der Waals surface area (Å²) in [6.07, 6.45) is 3.61. The summed E-state index contributed by atoms with van der Waals surface area (Å²) < 4.78 is 27.4. The van der Waals surface area contributed by atoms with Gasteiger partial charge < -0.3 is 20.5 Å². The zero-order valence-electron chi connectivity index (χ0n) is 21.3. The van der Waals surface area contributed by atoms with E-state index in [4.69, 9.17) is 20.6 Å². The third kappa shape index (κ3) is 6.44. The van der Waals surface area contributed by atoms with Gasteiger partial charge in [0, 0.05) is 36.1 Å². The zero-order chi connectivity index (χ0) is 27.9. The van der Waals surface area contributed by atoms with Crippen LogP contribution in [0.3, 0.4) is 0 Å². The van der Waals surface area contributed by atoms with Crippen LogP contribution < -0.4 is 21.5 Å². The Kier molecular flexibility index (Phi) is 8.29. The van der Waals surface area contributed by atoms with Crippen molar-refractivity contribution in [3.63, 3.8) is 0 Å². The first-order chi connectivity index (χ1) is 18.8. The van der Waals surface area contributed by atoms with E-state index in [0.29, 0.717) is 29.0 Å². The molecule has 0 aliphatic rings. The van der Waals surface area contributed by atoms with E-state index in [1.54, 1.807) is 36.4 Å².